The van der Waals surface area contributed by atoms with Gasteiger partial charge < -0.3 is 15.0 Å². The van der Waals surface area contributed by atoms with Crippen molar-refractivity contribution in [3.05, 3.63) is 16.4 Å². The molecule has 1 aromatic rings. The van der Waals surface area contributed by atoms with E-state index in [2.05, 4.69) is 15.3 Å². The number of nitro groups is 1. The van der Waals surface area contributed by atoms with Crippen molar-refractivity contribution in [3.63, 3.8) is 0 Å². The Morgan fingerprint density at radius 3 is 3.10 bits per heavy atom. The van der Waals surface area contributed by atoms with Crippen LogP contribution in [0.5, 0.6) is 0 Å². The second-order valence-corrected chi connectivity index (χ2v) is 4.66. The third-order valence-corrected chi connectivity index (χ3v) is 3.08. The minimum absolute atomic E-state index is 0.0228. The maximum Gasteiger partial charge on any atom is 0.353 e. The van der Waals surface area contributed by atoms with Gasteiger partial charge in [0.2, 0.25) is 11.6 Å². The maximum atomic E-state index is 11.4. The first-order valence-corrected chi connectivity index (χ1v) is 6.73. The highest BCUT2D eigenvalue weighted by atomic mass is 16.6. The van der Waals surface area contributed by atoms with E-state index in [1.807, 2.05) is 18.7 Å². The van der Waals surface area contributed by atoms with Gasteiger partial charge in [-0.25, -0.2) is 9.97 Å². The number of nitrogens with zero attached hydrogens (tertiary/aromatic N) is 4. The molecule has 1 unspecified atom stereocenters. The highest BCUT2D eigenvalue weighted by Crippen LogP contribution is 2.32. The van der Waals surface area contributed by atoms with Gasteiger partial charge >= 0.3 is 5.69 Å². The van der Waals surface area contributed by atoms with Crippen molar-refractivity contribution in [2.45, 2.75) is 26.4 Å². The number of rotatable bonds is 4. The van der Waals surface area contributed by atoms with Gasteiger partial charge in [-0.3, -0.25) is 10.1 Å². The fraction of sp³-hybridized carbons (Fsp3) is 0.667. The summed E-state index contributed by atoms with van der Waals surface area (Å²) in [5.74, 6) is 0.624. The molecule has 1 saturated heterocycles. The van der Waals surface area contributed by atoms with E-state index < -0.39 is 4.92 Å². The molecule has 0 bridgehead atoms. The summed E-state index contributed by atoms with van der Waals surface area (Å²) in [5.41, 5.74) is -0.0662. The molecule has 0 aliphatic carbocycles. The van der Waals surface area contributed by atoms with Crippen LogP contribution < -0.4 is 10.2 Å². The van der Waals surface area contributed by atoms with Gasteiger partial charge in [-0.2, -0.15) is 0 Å². The Bertz CT molecular complexity index is 482. The zero-order valence-corrected chi connectivity index (χ0v) is 11.7. The fourth-order valence-electron chi connectivity index (χ4n) is 2.25. The van der Waals surface area contributed by atoms with Crippen molar-refractivity contribution in [1.29, 1.82) is 0 Å². The molecule has 1 aromatic heterocycles. The largest absolute Gasteiger partial charge is 0.377 e. The Balaban J connectivity index is 2.38. The molecular weight excluding hydrogens is 262 g/mol. The number of hydrogen-bond donors (Lipinski definition) is 1. The van der Waals surface area contributed by atoms with E-state index >= 15 is 0 Å². The van der Waals surface area contributed by atoms with Crippen LogP contribution in [0.4, 0.5) is 17.3 Å². The topological polar surface area (TPSA) is 93.4 Å². The van der Waals surface area contributed by atoms with Gasteiger partial charge in [0, 0.05) is 26.2 Å². The minimum atomic E-state index is -0.427. The average molecular weight is 281 g/mol. The van der Waals surface area contributed by atoms with Crippen LogP contribution >= 0.6 is 0 Å². The molecule has 8 heteroatoms. The first-order valence-electron chi connectivity index (χ1n) is 6.73. The van der Waals surface area contributed by atoms with Gasteiger partial charge in [0.05, 0.1) is 11.0 Å². The van der Waals surface area contributed by atoms with Crippen molar-refractivity contribution < 1.29 is 9.66 Å². The lowest BCUT2D eigenvalue weighted by Crippen LogP contribution is -2.31. The van der Waals surface area contributed by atoms with Crippen LogP contribution in [0, 0.1) is 10.1 Å². The number of nitrogens with one attached hydrogen (secondary N) is 1. The van der Waals surface area contributed by atoms with E-state index in [-0.39, 0.29) is 17.6 Å². The SMILES string of the molecule is CCNc1ncnc(N2CCCOC(C)C2)c1[N+](=O)[O-]. The summed E-state index contributed by atoms with van der Waals surface area (Å²) in [5, 5.41) is 14.3. The summed E-state index contributed by atoms with van der Waals surface area (Å²) in [4.78, 5) is 20.9. The Hall–Kier alpha value is -1.96. The quantitative estimate of drug-likeness (QED) is 0.659. The highest BCUT2D eigenvalue weighted by molar-refractivity contribution is 5.70. The van der Waals surface area contributed by atoms with Gasteiger partial charge in [0.25, 0.3) is 0 Å². The Kier molecular flexibility index (Phi) is 4.67. The Morgan fingerprint density at radius 1 is 1.60 bits per heavy atom. The first-order chi connectivity index (χ1) is 9.63. The molecule has 0 radical (unpaired) electrons. The molecule has 1 aliphatic rings. The number of aromatic nitrogens is 2. The Labute approximate surface area is 117 Å². The molecule has 1 N–H and O–H groups in total. The highest BCUT2D eigenvalue weighted by Gasteiger charge is 2.28. The number of hydrogen-bond acceptors (Lipinski definition) is 7. The summed E-state index contributed by atoms with van der Waals surface area (Å²) in [6, 6.07) is 0. The van der Waals surface area contributed by atoms with Gasteiger partial charge in [-0.05, 0) is 20.3 Å². The van der Waals surface area contributed by atoms with Crippen LogP contribution in [0.1, 0.15) is 20.3 Å². The zero-order valence-electron chi connectivity index (χ0n) is 11.7. The summed E-state index contributed by atoms with van der Waals surface area (Å²) in [6.07, 6.45) is 2.20. The van der Waals surface area contributed by atoms with Crippen LogP contribution in [0.3, 0.4) is 0 Å². The number of anilines is 2. The average Bonchev–Trinajstić information content (AvgIpc) is 2.63. The Morgan fingerprint density at radius 2 is 2.40 bits per heavy atom. The first kappa shape index (κ1) is 14.4. The molecule has 1 aliphatic heterocycles. The molecule has 0 spiro atoms. The van der Waals surface area contributed by atoms with E-state index in [0.29, 0.717) is 32.1 Å². The second kappa shape index (κ2) is 6.47. The summed E-state index contributed by atoms with van der Waals surface area (Å²) in [7, 11) is 0. The molecule has 1 atom stereocenters. The molecular formula is C12H19N5O3. The molecule has 110 valence electrons. The molecule has 0 amide bonds. The predicted octanol–water partition coefficient (Wildman–Crippen LogP) is 1.43. The van der Waals surface area contributed by atoms with Crippen molar-refractivity contribution in [3.8, 4) is 0 Å². The van der Waals surface area contributed by atoms with Crippen LogP contribution in [0.25, 0.3) is 0 Å². The smallest absolute Gasteiger partial charge is 0.353 e. The molecule has 2 heterocycles. The normalized spacial score (nSPS) is 19.5. The van der Waals surface area contributed by atoms with E-state index in [1.165, 1.54) is 6.33 Å². The summed E-state index contributed by atoms with van der Waals surface area (Å²) in [6.45, 7) is 6.33. The van der Waals surface area contributed by atoms with E-state index in [1.54, 1.807) is 0 Å². The van der Waals surface area contributed by atoms with Gasteiger partial charge in [0.1, 0.15) is 6.33 Å². The zero-order chi connectivity index (χ0) is 14.5. The van der Waals surface area contributed by atoms with Gasteiger partial charge in [-0.15, -0.1) is 0 Å². The van der Waals surface area contributed by atoms with Crippen molar-refractivity contribution in [1.82, 2.24) is 9.97 Å². The van der Waals surface area contributed by atoms with E-state index in [4.69, 9.17) is 4.74 Å². The standard InChI is InChI=1S/C12H19N5O3/c1-3-13-11-10(17(18)19)12(15-8-14-11)16-5-4-6-20-9(2)7-16/h8-9H,3-7H2,1-2H3,(H,13,14,15). The lowest BCUT2D eigenvalue weighted by Gasteiger charge is -2.23. The van der Waals surface area contributed by atoms with Crippen LogP contribution in [-0.2, 0) is 4.74 Å². The van der Waals surface area contributed by atoms with E-state index in [0.717, 1.165) is 6.42 Å². The molecule has 0 aromatic carbocycles. The number of ether oxygens (including phenoxy) is 1. The predicted molar refractivity (Wildman–Crippen MR) is 75.1 cm³/mol. The minimum Gasteiger partial charge on any atom is -0.377 e. The van der Waals surface area contributed by atoms with Crippen molar-refractivity contribution in [2.24, 2.45) is 0 Å². The van der Waals surface area contributed by atoms with Gasteiger partial charge in [0.15, 0.2) is 0 Å². The molecule has 20 heavy (non-hydrogen) atoms. The molecule has 8 nitrogen and oxygen atoms in total. The summed E-state index contributed by atoms with van der Waals surface area (Å²) >= 11 is 0. The third-order valence-electron chi connectivity index (χ3n) is 3.08. The van der Waals surface area contributed by atoms with Crippen molar-refractivity contribution in [2.75, 3.05) is 36.5 Å². The lowest BCUT2D eigenvalue weighted by molar-refractivity contribution is -0.383. The third kappa shape index (κ3) is 3.13. The maximum absolute atomic E-state index is 11.4. The van der Waals surface area contributed by atoms with Crippen LogP contribution in [0.2, 0.25) is 0 Å². The van der Waals surface area contributed by atoms with Crippen LogP contribution in [0.15, 0.2) is 6.33 Å². The fourth-order valence-corrected chi connectivity index (χ4v) is 2.25. The van der Waals surface area contributed by atoms with Crippen LogP contribution in [-0.4, -0.2) is 47.2 Å². The van der Waals surface area contributed by atoms with Crippen molar-refractivity contribution >= 4 is 17.3 Å². The summed E-state index contributed by atoms with van der Waals surface area (Å²) < 4.78 is 5.56. The monoisotopic (exact) mass is 281 g/mol. The lowest BCUT2D eigenvalue weighted by atomic mass is 10.3. The second-order valence-electron chi connectivity index (χ2n) is 4.66. The molecule has 0 saturated carbocycles. The molecule has 2 rings (SSSR count). The van der Waals surface area contributed by atoms with Gasteiger partial charge in [-0.1, -0.05) is 0 Å². The van der Waals surface area contributed by atoms with E-state index in [9.17, 15) is 10.1 Å². The molecule has 1 fully saturated rings.